The third kappa shape index (κ3) is 2.76. The largest absolute Gasteiger partial charge is 0.492 e. The Hall–Kier alpha value is -1.22. The van der Waals surface area contributed by atoms with Crippen molar-refractivity contribution in [2.24, 2.45) is 5.41 Å². The second kappa shape index (κ2) is 5.88. The van der Waals surface area contributed by atoms with E-state index in [1.165, 1.54) is 25.7 Å². The molecule has 1 aliphatic rings. The summed E-state index contributed by atoms with van der Waals surface area (Å²) < 4.78 is 8.01. The Morgan fingerprint density at radius 2 is 2.10 bits per heavy atom. The van der Waals surface area contributed by atoms with Gasteiger partial charge in [0.15, 0.2) is 0 Å². The molecule has 0 spiro atoms. The first-order valence-corrected chi connectivity index (χ1v) is 8.37. The minimum absolute atomic E-state index is 0.371. The Morgan fingerprint density at radius 1 is 1.33 bits per heavy atom. The quantitative estimate of drug-likeness (QED) is 0.745. The van der Waals surface area contributed by atoms with E-state index in [9.17, 15) is 0 Å². The minimum Gasteiger partial charge on any atom is -0.492 e. The summed E-state index contributed by atoms with van der Waals surface area (Å²) in [7, 11) is 0. The fourth-order valence-corrected chi connectivity index (χ4v) is 3.69. The van der Waals surface area contributed by atoms with Gasteiger partial charge in [-0.15, -0.1) is 11.6 Å². The predicted molar refractivity (Wildman–Crippen MR) is 87.0 cm³/mol. The maximum Gasteiger partial charge on any atom is 0.147 e. The van der Waals surface area contributed by atoms with Crippen LogP contribution in [0, 0.1) is 5.41 Å². The van der Waals surface area contributed by atoms with Gasteiger partial charge in [-0.25, -0.2) is 4.98 Å². The molecule has 1 fully saturated rings. The van der Waals surface area contributed by atoms with Crippen molar-refractivity contribution in [2.45, 2.75) is 52.0 Å². The van der Waals surface area contributed by atoms with E-state index >= 15 is 0 Å². The highest BCUT2D eigenvalue weighted by atomic mass is 35.5. The van der Waals surface area contributed by atoms with Crippen LogP contribution < -0.4 is 4.74 Å². The lowest BCUT2D eigenvalue weighted by molar-refractivity contribution is 0.282. The molecule has 1 saturated carbocycles. The Morgan fingerprint density at radius 3 is 2.76 bits per heavy atom. The molecule has 1 aliphatic carbocycles. The van der Waals surface area contributed by atoms with Gasteiger partial charge in [-0.2, -0.15) is 0 Å². The van der Waals surface area contributed by atoms with Crippen molar-refractivity contribution in [2.75, 3.05) is 6.61 Å². The van der Waals surface area contributed by atoms with Crippen molar-refractivity contribution in [3.05, 3.63) is 24.0 Å². The van der Waals surface area contributed by atoms with Crippen LogP contribution in [0.1, 0.15) is 45.4 Å². The summed E-state index contributed by atoms with van der Waals surface area (Å²) in [6, 6.07) is 6.15. The molecular weight excluding hydrogens is 284 g/mol. The van der Waals surface area contributed by atoms with Crippen LogP contribution in [0.25, 0.3) is 11.0 Å². The van der Waals surface area contributed by atoms with E-state index in [4.69, 9.17) is 21.3 Å². The summed E-state index contributed by atoms with van der Waals surface area (Å²) in [5, 5.41) is 0. The topological polar surface area (TPSA) is 27.1 Å². The number of para-hydroxylation sites is 1. The number of imidazole rings is 1. The number of ether oxygens (including phenoxy) is 1. The molecule has 1 aromatic carbocycles. The lowest BCUT2D eigenvalue weighted by Gasteiger charge is -2.25. The predicted octanol–water partition coefficient (Wildman–Crippen LogP) is 4.75. The summed E-state index contributed by atoms with van der Waals surface area (Å²) >= 11 is 6.14. The molecule has 0 bridgehead atoms. The molecule has 1 aromatic heterocycles. The molecule has 0 unspecified atom stereocenters. The van der Waals surface area contributed by atoms with Crippen LogP contribution in [-0.2, 0) is 12.4 Å². The van der Waals surface area contributed by atoms with Gasteiger partial charge in [0, 0.05) is 6.54 Å². The third-order valence-electron chi connectivity index (χ3n) is 4.59. The van der Waals surface area contributed by atoms with Gasteiger partial charge in [0.2, 0.25) is 0 Å². The molecule has 2 aromatic rings. The number of benzene rings is 1. The van der Waals surface area contributed by atoms with Crippen molar-refractivity contribution in [1.82, 2.24) is 9.55 Å². The average Bonchev–Trinajstić information content (AvgIpc) is 3.05. The molecule has 1 heterocycles. The summed E-state index contributed by atoms with van der Waals surface area (Å²) in [6.07, 6.45) is 5.26. The van der Waals surface area contributed by atoms with Crippen LogP contribution in [0.4, 0.5) is 0 Å². The van der Waals surface area contributed by atoms with Crippen LogP contribution in [0.2, 0.25) is 0 Å². The first-order valence-electron chi connectivity index (χ1n) is 7.84. The Labute approximate surface area is 131 Å². The zero-order valence-corrected chi connectivity index (χ0v) is 13.6. The monoisotopic (exact) mass is 306 g/mol. The van der Waals surface area contributed by atoms with Crippen molar-refractivity contribution < 1.29 is 4.74 Å². The van der Waals surface area contributed by atoms with E-state index in [1.54, 1.807) is 0 Å². The van der Waals surface area contributed by atoms with Crippen LogP contribution in [0.5, 0.6) is 5.75 Å². The van der Waals surface area contributed by atoms with Gasteiger partial charge in [0.25, 0.3) is 0 Å². The third-order valence-corrected chi connectivity index (χ3v) is 4.83. The number of fused-ring (bicyclic) bond motifs is 1. The highest BCUT2D eigenvalue weighted by molar-refractivity contribution is 6.16. The van der Waals surface area contributed by atoms with Gasteiger partial charge >= 0.3 is 0 Å². The first-order chi connectivity index (χ1) is 10.2. The maximum absolute atomic E-state index is 6.14. The van der Waals surface area contributed by atoms with Gasteiger partial charge in [0.1, 0.15) is 17.1 Å². The molecule has 0 aliphatic heterocycles. The SMILES string of the molecule is CCOc1cccc2c1nc(CCl)n2CC1(C)CCCC1. The fourth-order valence-electron chi connectivity index (χ4n) is 3.49. The highest BCUT2D eigenvalue weighted by Crippen LogP contribution is 2.40. The lowest BCUT2D eigenvalue weighted by Crippen LogP contribution is -2.20. The molecule has 0 atom stereocenters. The molecule has 4 heteroatoms. The standard InChI is InChI=1S/C17H23ClN2O/c1-3-21-14-8-6-7-13-16(14)19-15(11-18)20(13)12-17(2)9-4-5-10-17/h6-8H,3-5,9-12H2,1-2H3. The molecule has 0 amide bonds. The van der Waals surface area contributed by atoms with E-state index in [0.29, 0.717) is 17.9 Å². The normalized spacial score (nSPS) is 17.5. The van der Waals surface area contributed by atoms with Gasteiger partial charge in [-0.3, -0.25) is 0 Å². The summed E-state index contributed by atoms with van der Waals surface area (Å²) in [6.45, 7) is 6.04. The van der Waals surface area contributed by atoms with Gasteiger partial charge < -0.3 is 9.30 Å². The number of hydrogen-bond donors (Lipinski definition) is 0. The first kappa shape index (κ1) is 14.7. The number of nitrogens with zero attached hydrogens (tertiary/aromatic N) is 2. The molecule has 3 nitrogen and oxygen atoms in total. The van der Waals surface area contributed by atoms with Crippen LogP contribution in [0.15, 0.2) is 18.2 Å². The van der Waals surface area contributed by atoms with Crippen molar-refractivity contribution in [3.8, 4) is 5.75 Å². The molecule has 3 rings (SSSR count). The van der Waals surface area contributed by atoms with Gasteiger partial charge in [0.05, 0.1) is 18.0 Å². The molecule has 0 saturated heterocycles. The second-order valence-electron chi connectivity index (χ2n) is 6.32. The van der Waals surface area contributed by atoms with Crippen molar-refractivity contribution in [3.63, 3.8) is 0 Å². The van der Waals surface area contributed by atoms with Crippen LogP contribution in [-0.4, -0.2) is 16.2 Å². The van der Waals surface area contributed by atoms with Gasteiger partial charge in [-0.1, -0.05) is 25.8 Å². The molecule has 114 valence electrons. The Kier molecular flexibility index (Phi) is 4.12. The maximum atomic E-state index is 6.14. The lowest BCUT2D eigenvalue weighted by atomic mass is 9.89. The second-order valence-corrected chi connectivity index (χ2v) is 6.59. The summed E-state index contributed by atoms with van der Waals surface area (Å²) in [5.74, 6) is 2.25. The van der Waals surface area contributed by atoms with Gasteiger partial charge in [-0.05, 0) is 37.3 Å². The molecule has 0 radical (unpaired) electrons. The van der Waals surface area contributed by atoms with E-state index < -0.39 is 0 Å². The number of alkyl halides is 1. The van der Waals surface area contributed by atoms with E-state index in [-0.39, 0.29) is 0 Å². The van der Waals surface area contributed by atoms with E-state index in [0.717, 1.165) is 29.2 Å². The number of aromatic nitrogens is 2. The fraction of sp³-hybridized carbons (Fsp3) is 0.588. The number of hydrogen-bond acceptors (Lipinski definition) is 2. The zero-order chi connectivity index (χ0) is 14.9. The highest BCUT2D eigenvalue weighted by Gasteiger charge is 2.30. The molecular formula is C17H23ClN2O. The Balaban J connectivity index is 2.05. The summed E-state index contributed by atoms with van der Waals surface area (Å²) in [5.41, 5.74) is 2.46. The van der Waals surface area contributed by atoms with Crippen molar-refractivity contribution in [1.29, 1.82) is 0 Å². The number of rotatable bonds is 5. The van der Waals surface area contributed by atoms with E-state index in [1.807, 2.05) is 19.1 Å². The van der Waals surface area contributed by atoms with Crippen LogP contribution in [0.3, 0.4) is 0 Å². The molecule has 21 heavy (non-hydrogen) atoms. The zero-order valence-electron chi connectivity index (χ0n) is 12.9. The van der Waals surface area contributed by atoms with E-state index in [2.05, 4.69) is 17.6 Å². The minimum atomic E-state index is 0.371. The number of halogens is 1. The average molecular weight is 307 g/mol. The van der Waals surface area contributed by atoms with Crippen LogP contribution >= 0.6 is 11.6 Å². The Bertz CT molecular complexity index is 629. The summed E-state index contributed by atoms with van der Waals surface area (Å²) in [4.78, 5) is 4.73. The molecule has 0 N–H and O–H groups in total. The van der Waals surface area contributed by atoms with Crippen molar-refractivity contribution >= 4 is 22.6 Å². The smallest absolute Gasteiger partial charge is 0.147 e.